The van der Waals surface area contributed by atoms with Gasteiger partial charge < -0.3 is 40.1 Å². The number of Topliss-reactive ketones (excluding diaryl/α,β-unsaturated/α-hetero) is 2. The van der Waals surface area contributed by atoms with Crippen molar-refractivity contribution in [3.8, 4) is 12.0 Å². The van der Waals surface area contributed by atoms with Gasteiger partial charge in [-0.25, -0.2) is 0 Å². The smallest absolute Gasteiger partial charge is 0.322 e. The lowest BCUT2D eigenvalue weighted by molar-refractivity contribution is -0.131. The first-order valence-corrected chi connectivity index (χ1v) is 29.6. The first-order chi connectivity index (χ1) is 40.0. The van der Waals surface area contributed by atoms with E-state index < -0.39 is 5.24 Å². The second-order valence-electron chi connectivity index (χ2n) is 22.5. The Morgan fingerprint density at radius 2 is 1.30 bits per heavy atom. The van der Waals surface area contributed by atoms with E-state index in [1.165, 1.54) is 6.08 Å². The molecule has 4 aliphatic rings. The lowest BCUT2D eigenvalue weighted by Crippen LogP contribution is -2.41. The van der Waals surface area contributed by atoms with Crippen molar-refractivity contribution >= 4 is 57.5 Å². The summed E-state index contributed by atoms with van der Waals surface area (Å²) in [5.41, 5.74) is 6.48. The number of ketones is 2. The molecule has 1 amide bonds. The van der Waals surface area contributed by atoms with Crippen LogP contribution >= 0.6 is 11.6 Å². The van der Waals surface area contributed by atoms with Crippen LogP contribution in [0.3, 0.4) is 0 Å². The summed E-state index contributed by atoms with van der Waals surface area (Å²) in [5.74, 6) is 2.07. The van der Waals surface area contributed by atoms with Gasteiger partial charge in [0.15, 0.2) is 11.3 Å². The van der Waals surface area contributed by atoms with Crippen molar-refractivity contribution in [2.75, 3.05) is 83.6 Å². The van der Waals surface area contributed by atoms with Crippen LogP contribution in [-0.2, 0) is 32.1 Å². The molecule has 0 bridgehead atoms. The van der Waals surface area contributed by atoms with E-state index in [0.717, 1.165) is 136 Å². The number of anilines is 2. The van der Waals surface area contributed by atoms with Gasteiger partial charge in [-0.1, -0.05) is 96.0 Å². The fourth-order valence-electron chi connectivity index (χ4n) is 10.3. The zero-order valence-corrected chi connectivity index (χ0v) is 50.2. The largest absolute Gasteiger partial charge is 0.460 e. The van der Waals surface area contributed by atoms with Crippen molar-refractivity contribution in [2.24, 2.45) is 11.8 Å². The van der Waals surface area contributed by atoms with Crippen LogP contribution < -0.4 is 25.4 Å². The number of amides is 1. The highest BCUT2D eigenvalue weighted by Gasteiger charge is 2.28. The number of nitrogens with zero attached hydrogens (tertiary/aromatic N) is 11. The van der Waals surface area contributed by atoms with Crippen LogP contribution in [-0.4, -0.2) is 162 Å². The normalized spacial score (nSPS) is 18.4. The summed E-state index contributed by atoms with van der Waals surface area (Å²) in [5, 5.41) is 18.7. The Morgan fingerprint density at radius 3 is 1.84 bits per heavy atom. The number of benzene rings is 1. The Bertz CT molecular complexity index is 3070. The van der Waals surface area contributed by atoms with Crippen LogP contribution in [0, 0.1) is 11.8 Å². The summed E-state index contributed by atoms with van der Waals surface area (Å²) >= 11 is 4.71. The Balaban J connectivity index is 0.000000222. The van der Waals surface area contributed by atoms with Gasteiger partial charge in [-0.2, -0.15) is 39.2 Å². The maximum atomic E-state index is 13.1. The number of hydrogen-bond acceptors (Lipinski definition) is 17. The summed E-state index contributed by atoms with van der Waals surface area (Å²) in [6.45, 7) is 27.3. The van der Waals surface area contributed by atoms with Crippen LogP contribution in [0.15, 0.2) is 98.4 Å². The van der Waals surface area contributed by atoms with Crippen LogP contribution in [0.1, 0.15) is 120 Å². The molecule has 8 heterocycles. The number of halogens is 1. The van der Waals surface area contributed by atoms with Crippen LogP contribution in [0.2, 0.25) is 0 Å². The average Bonchev–Trinajstić information content (AvgIpc) is 3.77. The van der Waals surface area contributed by atoms with E-state index in [4.69, 9.17) is 36.0 Å². The molecule has 2 atom stereocenters. The number of carbonyl (C=O) groups is 4. The van der Waals surface area contributed by atoms with Crippen molar-refractivity contribution in [1.82, 2.24) is 59.2 Å². The van der Waals surface area contributed by atoms with E-state index in [2.05, 4.69) is 109 Å². The average molecular weight is 1160 g/mol. The molecule has 83 heavy (non-hydrogen) atoms. The number of likely N-dealkylation sites (tertiary alicyclic amines) is 3. The fraction of sp³-hybridized carbons (Fsp3) is 0.516. The fourth-order valence-corrected chi connectivity index (χ4v) is 10.3. The molecule has 0 spiro atoms. The molecule has 1 aromatic carbocycles. The summed E-state index contributed by atoms with van der Waals surface area (Å²) in [6.07, 6.45) is 22.3. The Kier molecular flexibility index (Phi) is 24.1. The number of allylic oxidation sites excluding steroid dienone is 4. The molecule has 0 saturated carbocycles. The number of ether oxygens (including phenoxy) is 2. The van der Waals surface area contributed by atoms with E-state index in [9.17, 15) is 19.2 Å². The number of fused-ring (bicyclic) bond motifs is 2. The predicted octanol–water partition coefficient (Wildman–Crippen LogP) is 8.57. The minimum atomic E-state index is -0.509. The van der Waals surface area contributed by atoms with E-state index >= 15 is 0 Å². The third-order valence-electron chi connectivity index (χ3n) is 15.3. The molecule has 4 aromatic heterocycles. The maximum Gasteiger partial charge on any atom is 0.322 e. The second kappa shape index (κ2) is 31.5. The third-order valence-corrected chi connectivity index (χ3v) is 15.5. The number of hydrogen-bond donors (Lipinski definition) is 3. The van der Waals surface area contributed by atoms with Gasteiger partial charge >= 0.3 is 12.0 Å². The van der Waals surface area contributed by atoms with E-state index in [-0.39, 0.29) is 47.6 Å². The van der Waals surface area contributed by atoms with Crippen LogP contribution in [0.4, 0.5) is 11.9 Å². The van der Waals surface area contributed by atoms with Crippen molar-refractivity contribution < 1.29 is 28.7 Å². The first kappa shape index (κ1) is 63.5. The molecular formula is C62H85ClN14O6. The lowest BCUT2D eigenvalue weighted by atomic mass is 9.90. The summed E-state index contributed by atoms with van der Waals surface area (Å²) in [6, 6.07) is 8.79. The molecule has 5 aromatic rings. The zero-order chi connectivity index (χ0) is 59.4. The molecule has 9 rings (SSSR count). The molecule has 4 aliphatic heterocycles. The molecule has 2 unspecified atom stereocenters. The number of carbonyl (C=O) groups excluding carboxylic acids is 4. The Morgan fingerprint density at radius 1 is 0.735 bits per heavy atom. The van der Waals surface area contributed by atoms with Crippen molar-refractivity contribution in [2.45, 2.75) is 122 Å². The molecule has 3 N–H and O–H groups in total. The maximum absolute atomic E-state index is 13.1. The van der Waals surface area contributed by atoms with Gasteiger partial charge in [0.1, 0.15) is 23.8 Å². The zero-order valence-electron chi connectivity index (χ0n) is 49.4. The molecule has 20 nitrogen and oxygen atoms in total. The highest BCUT2D eigenvalue weighted by Crippen LogP contribution is 2.27. The first-order valence-electron chi connectivity index (χ1n) is 29.3. The monoisotopic (exact) mass is 1160 g/mol. The molecule has 0 radical (unpaired) electrons. The predicted molar refractivity (Wildman–Crippen MR) is 326 cm³/mol. The Labute approximate surface area is 493 Å². The van der Waals surface area contributed by atoms with Crippen LogP contribution in [0.25, 0.3) is 11.3 Å². The van der Waals surface area contributed by atoms with Crippen molar-refractivity contribution in [3.63, 3.8) is 0 Å². The van der Waals surface area contributed by atoms with Gasteiger partial charge in [-0.15, -0.1) is 0 Å². The molecule has 4 fully saturated rings. The van der Waals surface area contributed by atoms with E-state index in [1.54, 1.807) is 13.9 Å². The van der Waals surface area contributed by atoms with Crippen LogP contribution in [0.5, 0.6) is 12.0 Å². The lowest BCUT2D eigenvalue weighted by Gasteiger charge is -2.31. The minimum Gasteiger partial charge on any atom is -0.460 e. The van der Waals surface area contributed by atoms with E-state index in [1.807, 2.05) is 54.9 Å². The van der Waals surface area contributed by atoms with Gasteiger partial charge in [0.25, 0.3) is 0 Å². The SMILES string of the molecule is C=C(/C=C\C=C\CC(=O)C1CCCNC1)CNc1nc(OC2CCN(C)CC2)nc2c(C(C)C)cnn12.C=CC(=O)Cl.C=CC(=O)N1CCCC(C(=O)Cc2cccc(CNc3nc(OC4CCN(C)CC4)nc4c(C(C)C)cnn34)c2)C1. The van der Waals surface area contributed by atoms with Gasteiger partial charge in [0.05, 0.1) is 12.4 Å². The van der Waals surface area contributed by atoms with Gasteiger partial charge in [-0.3, -0.25) is 19.2 Å². The number of rotatable bonds is 22. The highest BCUT2D eigenvalue weighted by molar-refractivity contribution is 6.66. The quantitative estimate of drug-likeness (QED) is 0.0336. The molecule has 21 heteroatoms. The van der Waals surface area contributed by atoms with Gasteiger partial charge in [-0.05, 0) is 124 Å². The van der Waals surface area contributed by atoms with Crippen molar-refractivity contribution in [3.05, 3.63) is 121 Å². The standard InChI is InChI=1S/C31H41N7O3.C28H41N7O2.C3H3ClO/c1-5-28(40)37-13-7-10-24(20-37)27(39)17-22-8-6-9-23(16-22)18-32-30-35-31(41-25-11-14-36(4)15-12-25)34-29-26(21(2)3)19-33-38(29)30;1-20(2)24-19-31-35-26(24)32-28(37-23-12-15-34(4)16-13-23)33-27(35)30-17-21(3)9-6-5-7-11-25(36)22-10-8-14-29-18-22;1-2-3(4)5/h5-6,8-9,16,19,21,24-25H,1,7,10-15,17-18,20H2,2-4H3,(H,32,34,35);5-7,9,19-20,22-23,29H,3,8,10-18H2,1-2,4H3,(H,30,32,33);2H,1H2/b;7-5+,9-6-;. The second-order valence-corrected chi connectivity index (χ2v) is 22.9. The highest BCUT2D eigenvalue weighted by atomic mass is 35.5. The molecule has 4 saturated heterocycles. The van der Waals surface area contributed by atoms with Crippen molar-refractivity contribution in [1.29, 1.82) is 0 Å². The number of nitrogens with one attached hydrogen (secondary N) is 3. The Hall–Kier alpha value is -7.13. The molecular weight excluding hydrogens is 1070 g/mol. The third kappa shape index (κ3) is 18.9. The topological polar surface area (TPSA) is 219 Å². The molecule has 0 aliphatic carbocycles. The molecule has 446 valence electrons. The number of aromatic nitrogens is 8. The van der Waals surface area contributed by atoms with Gasteiger partial charge in [0, 0.05) is 94.7 Å². The minimum absolute atomic E-state index is 0.0901. The van der Waals surface area contributed by atoms with E-state index in [0.29, 0.717) is 68.7 Å². The summed E-state index contributed by atoms with van der Waals surface area (Å²) in [7, 11) is 4.26. The summed E-state index contributed by atoms with van der Waals surface area (Å²) < 4.78 is 15.9. The summed E-state index contributed by atoms with van der Waals surface area (Å²) in [4.78, 5) is 72.1. The number of piperidine rings is 4. The van der Waals surface area contributed by atoms with Gasteiger partial charge in [0.2, 0.25) is 23.0 Å².